The molecule has 0 aliphatic carbocycles. The number of hydrogen-bond acceptors (Lipinski definition) is 7. The SMILES string of the molecule is CC[C@@H](C(=O)NCC(C)C)N(Cc1ccc(OC)cc1)C(=O)CN(c1ccc(Cl)cc1)S(=O)(=O)c1ccc(OC)c(OC)c1. The van der Waals surface area contributed by atoms with Crippen molar-refractivity contribution in [3.63, 3.8) is 0 Å². The van der Waals surface area contributed by atoms with Crippen LogP contribution in [0.15, 0.2) is 71.6 Å². The number of rotatable bonds is 15. The van der Waals surface area contributed by atoms with E-state index in [0.29, 0.717) is 29.5 Å². The van der Waals surface area contributed by atoms with Gasteiger partial charge in [-0.15, -0.1) is 0 Å². The highest BCUT2D eigenvalue weighted by Gasteiger charge is 2.34. The number of sulfonamides is 1. The van der Waals surface area contributed by atoms with E-state index in [1.165, 1.54) is 49.5 Å². The molecular formula is C32H40ClN3O7S. The normalized spacial score (nSPS) is 11.9. The molecule has 0 saturated carbocycles. The molecule has 2 amide bonds. The van der Waals surface area contributed by atoms with Crippen LogP contribution in [0.2, 0.25) is 5.02 Å². The first-order valence-corrected chi connectivity index (χ1v) is 16.0. The second-order valence-electron chi connectivity index (χ2n) is 10.4. The Balaban J connectivity index is 2.08. The lowest BCUT2D eigenvalue weighted by molar-refractivity contribution is -0.140. The minimum absolute atomic E-state index is 0.0707. The number of hydrogen-bond donors (Lipinski definition) is 1. The maximum absolute atomic E-state index is 14.2. The molecule has 0 unspecified atom stereocenters. The molecule has 0 heterocycles. The van der Waals surface area contributed by atoms with Crippen LogP contribution < -0.4 is 23.8 Å². The van der Waals surface area contributed by atoms with Crippen molar-refractivity contribution < 1.29 is 32.2 Å². The first-order valence-electron chi connectivity index (χ1n) is 14.2. The van der Waals surface area contributed by atoms with Crippen LogP contribution in [0.25, 0.3) is 0 Å². The number of halogens is 1. The number of nitrogens with one attached hydrogen (secondary N) is 1. The zero-order chi connectivity index (χ0) is 32.4. The van der Waals surface area contributed by atoms with Crippen LogP contribution in [0.1, 0.15) is 32.8 Å². The Labute approximate surface area is 264 Å². The summed E-state index contributed by atoms with van der Waals surface area (Å²) in [6.07, 6.45) is 0.315. The second kappa shape index (κ2) is 15.7. The van der Waals surface area contributed by atoms with Gasteiger partial charge in [0.05, 0.1) is 31.9 Å². The third-order valence-electron chi connectivity index (χ3n) is 6.92. The zero-order valence-electron chi connectivity index (χ0n) is 25.9. The summed E-state index contributed by atoms with van der Waals surface area (Å²) in [5, 5.41) is 3.32. The van der Waals surface area contributed by atoms with Gasteiger partial charge in [0.2, 0.25) is 11.8 Å². The van der Waals surface area contributed by atoms with Crippen LogP contribution >= 0.6 is 11.6 Å². The van der Waals surface area contributed by atoms with Gasteiger partial charge in [-0.3, -0.25) is 13.9 Å². The second-order valence-corrected chi connectivity index (χ2v) is 12.7. The third kappa shape index (κ3) is 8.57. The topological polar surface area (TPSA) is 114 Å². The monoisotopic (exact) mass is 645 g/mol. The summed E-state index contributed by atoms with van der Waals surface area (Å²) in [6, 6.07) is 16.6. The van der Waals surface area contributed by atoms with Gasteiger partial charge in [-0.05, 0) is 66.4 Å². The number of carbonyl (C=O) groups is 2. The van der Waals surface area contributed by atoms with Gasteiger partial charge in [0.1, 0.15) is 18.3 Å². The largest absolute Gasteiger partial charge is 0.497 e. The molecule has 0 bridgehead atoms. The Hall–Kier alpha value is -3.96. The summed E-state index contributed by atoms with van der Waals surface area (Å²) in [5.41, 5.74) is 0.967. The Morgan fingerprint density at radius 3 is 2.07 bits per heavy atom. The van der Waals surface area contributed by atoms with Crippen molar-refractivity contribution in [2.24, 2.45) is 5.92 Å². The smallest absolute Gasteiger partial charge is 0.264 e. The molecule has 0 aliphatic rings. The van der Waals surface area contributed by atoms with E-state index in [9.17, 15) is 18.0 Å². The minimum atomic E-state index is -4.32. The first-order chi connectivity index (χ1) is 20.9. The maximum atomic E-state index is 14.2. The Morgan fingerprint density at radius 2 is 1.52 bits per heavy atom. The fourth-order valence-corrected chi connectivity index (χ4v) is 6.07. The Kier molecular flexibility index (Phi) is 12.3. The lowest BCUT2D eigenvalue weighted by Crippen LogP contribution is -2.52. The molecule has 3 aromatic carbocycles. The average molecular weight is 646 g/mol. The molecule has 0 saturated heterocycles. The van der Waals surface area contributed by atoms with Crippen molar-refractivity contribution in [1.29, 1.82) is 0 Å². The van der Waals surface area contributed by atoms with Crippen LogP contribution in [-0.2, 0) is 26.2 Å². The number of ether oxygens (including phenoxy) is 3. The molecule has 1 N–H and O–H groups in total. The number of amides is 2. The van der Waals surface area contributed by atoms with E-state index in [1.807, 2.05) is 20.8 Å². The average Bonchev–Trinajstić information content (AvgIpc) is 3.02. The predicted octanol–water partition coefficient (Wildman–Crippen LogP) is 5.14. The van der Waals surface area contributed by atoms with Crippen LogP contribution in [-0.4, -0.2) is 65.6 Å². The van der Waals surface area contributed by atoms with Gasteiger partial charge < -0.3 is 24.4 Å². The summed E-state index contributed by atoms with van der Waals surface area (Å²) in [5.74, 6) is 0.530. The van der Waals surface area contributed by atoms with Crippen LogP contribution in [0, 0.1) is 5.92 Å². The molecule has 238 valence electrons. The van der Waals surface area contributed by atoms with Crippen molar-refractivity contribution in [3.05, 3.63) is 77.3 Å². The van der Waals surface area contributed by atoms with Crippen molar-refractivity contribution in [1.82, 2.24) is 10.2 Å². The van der Waals surface area contributed by atoms with Crippen LogP contribution in [0.3, 0.4) is 0 Å². The number of benzene rings is 3. The quantitative estimate of drug-likeness (QED) is 0.243. The van der Waals surface area contributed by atoms with E-state index in [1.54, 1.807) is 43.5 Å². The van der Waals surface area contributed by atoms with Gasteiger partial charge in [-0.2, -0.15) is 0 Å². The van der Waals surface area contributed by atoms with E-state index in [2.05, 4.69) is 5.32 Å². The lowest BCUT2D eigenvalue weighted by Gasteiger charge is -2.33. The van der Waals surface area contributed by atoms with Crippen molar-refractivity contribution in [2.75, 3.05) is 38.7 Å². The Morgan fingerprint density at radius 1 is 0.886 bits per heavy atom. The van der Waals surface area contributed by atoms with E-state index >= 15 is 0 Å². The predicted molar refractivity (Wildman–Crippen MR) is 171 cm³/mol. The Bertz CT molecular complexity index is 1510. The van der Waals surface area contributed by atoms with Gasteiger partial charge in [0.15, 0.2) is 11.5 Å². The highest BCUT2D eigenvalue weighted by Crippen LogP contribution is 2.33. The number of anilines is 1. The molecule has 3 aromatic rings. The molecule has 0 aromatic heterocycles. The molecule has 12 heteroatoms. The minimum Gasteiger partial charge on any atom is -0.497 e. The molecule has 1 atom stereocenters. The summed E-state index contributed by atoms with van der Waals surface area (Å²) in [7, 11) is 0.0895. The summed E-state index contributed by atoms with van der Waals surface area (Å²) in [4.78, 5) is 28.9. The van der Waals surface area contributed by atoms with Gasteiger partial charge >= 0.3 is 0 Å². The standard InChI is InChI=1S/C32H40ClN3O7S/c1-7-28(32(38)34-19-22(2)3)35(20-23-8-14-26(41-4)15-9-23)31(37)21-36(25-12-10-24(33)11-13-25)44(39,40)27-16-17-29(42-5)30(18-27)43-6/h8-18,22,28H,7,19-21H2,1-6H3,(H,34,38)/t28-/m0/s1. The molecule has 0 aliphatic heterocycles. The highest BCUT2D eigenvalue weighted by molar-refractivity contribution is 7.92. The molecule has 0 radical (unpaired) electrons. The molecule has 10 nitrogen and oxygen atoms in total. The lowest BCUT2D eigenvalue weighted by atomic mass is 10.1. The van der Waals surface area contributed by atoms with Gasteiger partial charge in [0, 0.05) is 24.2 Å². The van der Waals surface area contributed by atoms with Crippen LogP contribution in [0.5, 0.6) is 17.2 Å². The van der Waals surface area contributed by atoms with E-state index in [0.717, 1.165) is 9.87 Å². The van der Waals surface area contributed by atoms with Crippen molar-refractivity contribution in [2.45, 2.75) is 44.7 Å². The number of carbonyl (C=O) groups excluding carboxylic acids is 2. The zero-order valence-corrected chi connectivity index (χ0v) is 27.4. The van der Waals surface area contributed by atoms with E-state index < -0.39 is 28.5 Å². The fourth-order valence-electron chi connectivity index (χ4n) is 4.51. The van der Waals surface area contributed by atoms with Gasteiger partial charge in [0.25, 0.3) is 10.0 Å². The fraction of sp³-hybridized carbons (Fsp3) is 0.375. The maximum Gasteiger partial charge on any atom is 0.264 e. The third-order valence-corrected chi connectivity index (χ3v) is 8.94. The van der Waals surface area contributed by atoms with Gasteiger partial charge in [-0.25, -0.2) is 8.42 Å². The highest BCUT2D eigenvalue weighted by atomic mass is 35.5. The van der Waals surface area contributed by atoms with Gasteiger partial charge in [-0.1, -0.05) is 44.5 Å². The van der Waals surface area contributed by atoms with E-state index in [4.69, 9.17) is 25.8 Å². The summed E-state index contributed by atoms with van der Waals surface area (Å²) in [6.45, 7) is 5.69. The summed E-state index contributed by atoms with van der Waals surface area (Å²) < 4.78 is 45.2. The number of methoxy groups -OCH3 is 3. The first kappa shape index (κ1) is 34.5. The molecule has 0 spiro atoms. The van der Waals surface area contributed by atoms with Crippen LogP contribution in [0.4, 0.5) is 5.69 Å². The molecule has 0 fully saturated rings. The molecular weight excluding hydrogens is 606 g/mol. The molecule has 44 heavy (non-hydrogen) atoms. The number of nitrogens with zero attached hydrogens (tertiary/aromatic N) is 2. The van der Waals surface area contributed by atoms with Crippen molar-refractivity contribution >= 4 is 39.1 Å². The van der Waals surface area contributed by atoms with E-state index in [-0.39, 0.29) is 34.7 Å². The summed E-state index contributed by atoms with van der Waals surface area (Å²) >= 11 is 6.11. The molecule has 3 rings (SSSR count). The van der Waals surface area contributed by atoms with Crippen molar-refractivity contribution in [3.8, 4) is 17.2 Å².